The van der Waals surface area contributed by atoms with Crippen LogP contribution in [0.15, 0.2) is 0 Å². The van der Waals surface area contributed by atoms with E-state index in [1.165, 1.54) is 25.7 Å². The van der Waals surface area contributed by atoms with E-state index in [2.05, 4.69) is 5.10 Å². The fourth-order valence-corrected chi connectivity index (χ4v) is 2.93. The van der Waals surface area contributed by atoms with Crippen molar-refractivity contribution in [2.45, 2.75) is 43.6 Å². The van der Waals surface area contributed by atoms with Crippen molar-refractivity contribution in [3.8, 4) is 0 Å². The standard InChI is InChI=1S/C12H20N4O/c1-16-12(9-6-17-7-10(9)13)14-11(15-16)8-4-2-3-5-8/h8-10H,2-7,13H2,1H3. The van der Waals surface area contributed by atoms with Gasteiger partial charge in [0.05, 0.1) is 19.1 Å². The van der Waals surface area contributed by atoms with Gasteiger partial charge in [-0.1, -0.05) is 12.8 Å². The molecule has 2 N–H and O–H groups in total. The van der Waals surface area contributed by atoms with E-state index in [0.29, 0.717) is 19.1 Å². The Balaban J connectivity index is 1.84. The quantitative estimate of drug-likeness (QED) is 0.829. The molecule has 1 aromatic heterocycles. The zero-order chi connectivity index (χ0) is 11.8. The summed E-state index contributed by atoms with van der Waals surface area (Å²) < 4.78 is 7.30. The molecular weight excluding hydrogens is 216 g/mol. The molecule has 1 aromatic rings. The second kappa shape index (κ2) is 4.38. The molecular formula is C12H20N4O. The lowest BCUT2D eigenvalue weighted by molar-refractivity contribution is 0.190. The highest BCUT2D eigenvalue weighted by Crippen LogP contribution is 2.33. The maximum absolute atomic E-state index is 6.04. The number of rotatable bonds is 2. The summed E-state index contributed by atoms with van der Waals surface area (Å²) in [5.41, 5.74) is 6.04. The monoisotopic (exact) mass is 236 g/mol. The molecule has 0 amide bonds. The minimum Gasteiger partial charge on any atom is -0.379 e. The molecule has 2 heterocycles. The molecule has 2 fully saturated rings. The second-order valence-corrected chi connectivity index (χ2v) is 5.24. The summed E-state index contributed by atoms with van der Waals surface area (Å²) in [7, 11) is 1.96. The summed E-state index contributed by atoms with van der Waals surface area (Å²) in [6.45, 7) is 1.31. The number of aryl methyl sites for hydroxylation is 1. The molecule has 2 atom stereocenters. The predicted octanol–water partition coefficient (Wildman–Crippen LogP) is 0.914. The first-order chi connectivity index (χ1) is 8.25. The maximum atomic E-state index is 6.04. The van der Waals surface area contributed by atoms with Gasteiger partial charge in [0, 0.05) is 19.0 Å². The van der Waals surface area contributed by atoms with Crippen LogP contribution in [-0.2, 0) is 11.8 Å². The summed E-state index contributed by atoms with van der Waals surface area (Å²) in [4.78, 5) is 4.72. The predicted molar refractivity (Wildman–Crippen MR) is 63.7 cm³/mol. The highest BCUT2D eigenvalue weighted by Gasteiger charge is 2.32. The number of nitrogens with zero attached hydrogens (tertiary/aromatic N) is 3. The van der Waals surface area contributed by atoms with Crippen LogP contribution in [0, 0.1) is 0 Å². The van der Waals surface area contributed by atoms with E-state index in [-0.39, 0.29) is 12.0 Å². The van der Waals surface area contributed by atoms with Crippen LogP contribution in [0.25, 0.3) is 0 Å². The molecule has 1 saturated carbocycles. The van der Waals surface area contributed by atoms with Gasteiger partial charge in [0.25, 0.3) is 0 Å². The lowest BCUT2D eigenvalue weighted by Crippen LogP contribution is -2.28. The lowest BCUT2D eigenvalue weighted by atomic mass is 10.0. The fourth-order valence-electron chi connectivity index (χ4n) is 2.93. The maximum Gasteiger partial charge on any atom is 0.154 e. The van der Waals surface area contributed by atoms with Gasteiger partial charge in [-0.15, -0.1) is 0 Å². The summed E-state index contributed by atoms with van der Waals surface area (Å²) in [6.07, 6.45) is 5.09. The average Bonchev–Trinajstić information content (AvgIpc) is 2.98. The molecule has 0 bridgehead atoms. The third kappa shape index (κ3) is 1.98. The zero-order valence-electron chi connectivity index (χ0n) is 10.3. The normalized spacial score (nSPS) is 30.2. The molecule has 17 heavy (non-hydrogen) atoms. The topological polar surface area (TPSA) is 66.0 Å². The van der Waals surface area contributed by atoms with Crippen LogP contribution in [0.5, 0.6) is 0 Å². The van der Waals surface area contributed by atoms with Gasteiger partial charge in [0.1, 0.15) is 5.82 Å². The average molecular weight is 236 g/mol. The van der Waals surface area contributed by atoms with Crippen molar-refractivity contribution in [1.82, 2.24) is 14.8 Å². The van der Waals surface area contributed by atoms with Gasteiger partial charge >= 0.3 is 0 Å². The molecule has 1 aliphatic carbocycles. The Hall–Kier alpha value is -0.940. The molecule has 1 aliphatic heterocycles. The molecule has 0 spiro atoms. The Morgan fingerprint density at radius 2 is 2.06 bits per heavy atom. The number of hydrogen-bond acceptors (Lipinski definition) is 4. The Labute approximate surface area is 101 Å². The van der Waals surface area contributed by atoms with Gasteiger partial charge < -0.3 is 10.5 Å². The SMILES string of the molecule is Cn1nc(C2CCCC2)nc1C1COCC1N. The third-order valence-corrected chi connectivity index (χ3v) is 3.99. The highest BCUT2D eigenvalue weighted by molar-refractivity contribution is 5.09. The number of hydrogen-bond donors (Lipinski definition) is 1. The van der Waals surface area contributed by atoms with Crippen LogP contribution >= 0.6 is 0 Å². The van der Waals surface area contributed by atoms with E-state index < -0.39 is 0 Å². The van der Waals surface area contributed by atoms with Gasteiger partial charge in [0.15, 0.2) is 5.82 Å². The molecule has 1 saturated heterocycles. The summed E-state index contributed by atoms with van der Waals surface area (Å²) >= 11 is 0. The van der Waals surface area contributed by atoms with E-state index in [0.717, 1.165) is 11.6 Å². The number of nitrogens with two attached hydrogens (primary N) is 1. The van der Waals surface area contributed by atoms with Crippen LogP contribution in [-0.4, -0.2) is 34.0 Å². The molecule has 2 unspecified atom stereocenters. The van der Waals surface area contributed by atoms with Gasteiger partial charge in [-0.05, 0) is 12.8 Å². The van der Waals surface area contributed by atoms with E-state index in [4.69, 9.17) is 15.5 Å². The first-order valence-corrected chi connectivity index (χ1v) is 6.50. The highest BCUT2D eigenvalue weighted by atomic mass is 16.5. The summed E-state index contributed by atoms with van der Waals surface area (Å²) in [5, 5.41) is 4.57. The van der Waals surface area contributed by atoms with Crippen molar-refractivity contribution < 1.29 is 4.74 Å². The molecule has 0 aromatic carbocycles. The molecule has 3 rings (SSSR count). The molecule has 94 valence electrons. The summed E-state index contributed by atoms with van der Waals surface area (Å²) in [6, 6.07) is 0.0642. The number of aromatic nitrogens is 3. The van der Waals surface area contributed by atoms with Crippen LogP contribution < -0.4 is 5.73 Å². The van der Waals surface area contributed by atoms with Gasteiger partial charge in [-0.3, -0.25) is 4.68 Å². The van der Waals surface area contributed by atoms with Crippen LogP contribution in [0.2, 0.25) is 0 Å². The minimum atomic E-state index is 0.0642. The summed E-state index contributed by atoms with van der Waals surface area (Å²) in [5.74, 6) is 2.78. The fraction of sp³-hybridized carbons (Fsp3) is 0.833. The Morgan fingerprint density at radius 1 is 1.29 bits per heavy atom. The lowest BCUT2D eigenvalue weighted by Gasteiger charge is -2.11. The first kappa shape index (κ1) is 11.2. The van der Waals surface area contributed by atoms with Crippen molar-refractivity contribution in [2.24, 2.45) is 12.8 Å². The van der Waals surface area contributed by atoms with Crippen LogP contribution in [0.1, 0.15) is 49.2 Å². The van der Waals surface area contributed by atoms with Crippen molar-refractivity contribution in [3.63, 3.8) is 0 Å². The molecule has 5 heteroatoms. The molecule has 0 radical (unpaired) electrons. The van der Waals surface area contributed by atoms with Gasteiger partial charge in [-0.2, -0.15) is 5.10 Å². The van der Waals surface area contributed by atoms with Gasteiger partial charge in [0.2, 0.25) is 0 Å². The second-order valence-electron chi connectivity index (χ2n) is 5.24. The van der Waals surface area contributed by atoms with Crippen molar-refractivity contribution in [2.75, 3.05) is 13.2 Å². The van der Waals surface area contributed by atoms with Crippen LogP contribution in [0.3, 0.4) is 0 Å². The van der Waals surface area contributed by atoms with Crippen molar-refractivity contribution >= 4 is 0 Å². The molecule has 5 nitrogen and oxygen atoms in total. The Bertz CT molecular complexity index is 397. The Morgan fingerprint density at radius 3 is 2.71 bits per heavy atom. The van der Waals surface area contributed by atoms with E-state index in [1.54, 1.807) is 0 Å². The number of ether oxygens (including phenoxy) is 1. The Kier molecular flexibility index (Phi) is 2.88. The van der Waals surface area contributed by atoms with E-state index in [9.17, 15) is 0 Å². The largest absolute Gasteiger partial charge is 0.379 e. The van der Waals surface area contributed by atoms with E-state index >= 15 is 0 Å². The zero-order valence-corrected chi connectivity index (χ0v) is 10.3. The van der Waals surface area contributed by atoms with Crippen LogP contribution in [0.4, 0.5) is 0 Å². The van der Waals surface area contributed by atoms with E-state index in [1.807, 2.05) is 11.7 Å². The first-order valence-electron chi connectivity index (χ1n) is 6.50. The third-order valence-electron chi connectivity index (χ3n) is 3.99. The minimum absolute atomic E-state index is 0.0642. The molecule has 2 aliphatic rings. The van der Waals surface area contributed by atoms with Crippen molar-refractivity contribution in [3.05, 3.63) is 11.6 Å². The van der Waals surface area contributed by atoms with Crippen molar-refractivity contribution in [1.29, 1.82) is 0 Å². The van der Waals surface area contributed by atoms with Gasteiger partial charge in [-0.25, -0.2) is 4.98 Å². The smallest absolute Gasteiger partial charge is 0.154 e.